The van der Waals surface area contributed by atoms with Crippen molar-refractivity contribution in [3.05, 3.63) is 11.9 Å². The summed E-state index contributed by atoms with van der Waals surface area (Å²) in [5.41, 5.74) is 0.632. The van der Waals surface area contributed by atoms with Crippen LogP contribution in [0.25, 0.3) is 0 Å². The van der Waals surface area contributed by atoms with Gasteiger partial charge in [-0.25, -0.2) is 0 Å². The van der Waals surface area contributed by atoms with Gasteiger partial charge in [0.2, 0.25) is 0 Å². The fourth-order valence-electron chi connectivity index (χ4n) is 2.88. The number of rotatable bonds is 3. The molecule has 0 bridgehead atoms. The lowest BCUT2D eigenvalue weighted by Crippen LogP contribution is -2.25. The van der Waals surface area contributed by atoms with Gasteiger partial charge in [-0.15, -0.1) is 0 Å². The summed E-state index contributed by atoms with van der Waals surface area (Å²) >= 11 is 0. The van der Waals surface area contributed by atoms with E-state index in [0.717, 1.165) is 0 Å². The van der Waals surface area contributed by atoms with Gasteiger partial charge in [0.15, 0.2) is 0 Å². The SMILES string of the molecule is CC1(C/C=C\P(C(C)(C)C)C(C)(C)C)CCC1. The Kier molecular flexibility index (Phi) is 4.52. The zero-order chi connectivity index (χ0) is 13.3. The third kappa shape index (κ3) is 4.40. The van der Waals surface area contributed by atoms with Crippen LogP contribution in [0.4, 0.5) is 0 Å². The van der Waals surface area contributed by atoms with Gasteiger partial charge in [-0.3, -0.25) is 0 Å². The fourth-order valence-corrected chi connectivity index (χ4v) is 6.10. The molecule has 1 heteroatoms. The molecule has 0 N–H and O–H groups in total. The van der Waals surface area contributed by atoms with Gasteiger partial charge in [0, 0.05) is 0 Å². The van der Waals surface area contributed by atoms with E-state index in [1.807, 2.05) is 0 Å². The molecule has 0 saturated heterocycles. The van der Waals surface area contributed by atoms with Crippen LogP contribution < -0.4 is 0 Å². The Morgan fingerprint density at radius 2 is 1.47 bits per heavy atom. The average Bonchev–Trinajstić information content (AvgIpc) is 2.05. The van der Waals surface area contributed by atoms with Crippen molar-refractivity contribution in [1.29, 1.82) is 0 Å². The largest absolute Gasteiger partial charge is 0.0835 e. The molecule has 0 amide bonds. The molecule has 0 aromatic rings. The second-order valence-corrected chi connectivity index (χ2v) is 11.7. The second-order valence-electron chi connectivity index (χ2n) is 7.96. The normalized spacial score (nSPS) is 20.9. The van der Waals surface area contributed by atoms with Crippen LogP contribution >= 0.6 is 7.92 Å². The zero-order valence-electron chi connectivity index (χ0n) is 12.9. The average molecular weight is 254 g/mol. The molecule has 1 saturated carbocycles. The van der Waals surface area contributed by atoms with Crippen molar-refractivity contribution >= 4 is 7.92 Å². The Hall–Kier alpha value is 0.170. The van der Waals surface area contributed by atoms with Crippen LogP contribution in [-0.4, -0.2) is 10.3 Å². The first-order valence-corrected chi connectivity index (χ1v) is 8.42. The highest BCUT2D eigenvalue weighted by atomic mass is 31.1. The van der Waals surface area contributed by atoms with Gasteiger partial charge in [-0.1, -0.05) is 74.7 Å². The monoisotopic (exact) mass is 254 g/mol. The van der Waals surface area contributed by atoms with E-state index in [-0.39, 0.29) is 7.92 Å². The minimum Gasteiger partial charge on any atom is -0.0835 e. The molecule has 0 radical (unpaired) electrons. The highest BCUT2D eigenvalue weighted by Gasteiger charge is 2.33. The first-order chi connectivity index (χ1) is 7.55. The van der Waals surface area contributed by atoms with Crippen LogP contribution in [0.15, 0.2) is 11.9 Å². The molecule has 0 aromatic carbocycles. The van der Waals surface area contributed by atoms with Crippen LogP contribution in [0, 0.1) is 5.41 Å². The maximum absolute atomic E-state index is 2.55. The van der Waals surface area contributed by atoms with Crippen molar-refractivity contribution in [2.24, 2.45) is 5.41 Å². The Labute approximate surface area is 110 Å². The van der Waals surface area contributed by atoms with Crippen molar-refractivity contribution in [2.45, 2.75) is 84.5 Å². The molecule has 17 heavy (non-hydrogen) atoms. The first kappa shape index (κ1) is 15.2. The molecule has 0 unspecified atom stereocenters. The molecule has 100 valence electrons. The molecule has 0 spiro atoms. The highest BCUT2D eigenvalue weighted by molar-refractivity contribution is 7.63. The maximum atomic E-state index is 2.55. The zero-order valence-corrected chi connectivity index (χ0v) is 13.8. The summed E-state index contributed by atoms with van der Waals surface area (Å²) < 4.78 is 0. The quantitative estimate of drug-likeness (QED) is 0.529. The van der Waals surface area contributed by atoms with Crippen molar-refractivity contribution in [2.75, 3.05) is 0 Å². The number of allylic oxidation sites excluding steroid dienone is 1. The van der Waals surface area contributed by atoms with Crippen molar-refractivity contribution in [1.82, 2.24) is 0 Å². The van der Waals surface area contributed by atoms with E-state index >= 15 is 0 Å². The molecule has 0 atom stereocenters. The summed E-state index contributed by atoms with van der Waals surface area (Å²) in [5, 5.41) is 0.842. The standard InChI is InChI=1S/C16H31P/c1-14(2,3)17(15(4,5)6)13-9-12-16(7)10-8-11-16/h9,13H,8,10-12H2,1-7H3/b13-9-. The lowest BCUT2D eigenvalue weighted by Gasteiger charge is -2.40. The van der Waals surface area contributed by atoms with Crippen molar-refractivity contribution < 1.29 is 0 Å². The van der Waals surface area contributed by atoms with Crippen LogP contribution in [0.5, 0.6) is 0 Å². The topological polar surface area (TPSA) is 0 Å². The molecule has 1 fully saturated rings. The van der Waals surface area contributed by atoms with Gasteiger partial charge in [-0.05, 0) is 35.0 Å². The van der Waals surface area contributed by atoms with E-state index in [0.29, 0.717) is 15.7 Å². The predicted molar refractivity (Wildman–Crippen MR) is 82.1 cm³/mol. The minimum absolute atomic E-state index is 0.0573. The van der Waals surface area contributed by atoms with Crippen molar-refractivity contribution in [3.8, 4) is 0 Å². The Morgan fingerprint density at radius 3 is 1.76 bits per heavy atom. The van der Waals surface area contributed by atoms with E-state index in [2.05, 4.69) is 60.4 Å². The maximum Gasteiger partial charge on any atom is -0.0140 e. The Balaban J connectivity index is 2.64. The van der Waals surface area contributed by atoms with Gasteiger partial charge in [-0.2, -0.15) is 0 Å². The molecule has 0 aromatic heterocycles. The molecule has 1 rings (SSSR count). The molecule has 0 aliphatic heterocycles. The third-order valence-electron chi connectivity index (χ3n) is 3.87. The fraction of sp³-hybridized carbons (Fsp3) is 0.875. The molecule has 0 nitrogen and oxygen atoms in total. The lowest BCUT2D eigenvalue weighted by molar-refractivity contribution is 0.165. The third-order valence-corrected chi connectivity index (χ3v) is 7.27. The summed E-state index contributed by atoms with van der Waals surface area (Å²) in [6.07, 6.45) is 8.08. The lowest BCUT2D eigenvalue weighted by atomic mass is 9.68. The Bertz CT molecular complexity index is 257. The van der Waals surface area contributed by atoms with Crippen molar-refractivity contribution in [3.63, 3.8) is 0 Å². The summed E-state index contributed by atoms with van der Waals surface area (Å²) in [4.78, 5) is 0. The first-order valence-electron chi connectivity index (χ1n) is 7.01. The van der Waals surface area contributed by atoms with Gasteiger partial charge in [0.25, 0.3) is 0 Å². The second kappa shape index (κ2) is 5.04. The molecular formula is C16H31P. The highest BCUT2D eigenvalue weighted by Crippen LogP contribution is 2.60. The summed E-state index contributed by atoms with van der Waals surface area (Å²) in [7, 11) is -0.0573. The van der Waals surface area contributed by atoms with Gasteiger partial charge in [0.05, 0.1) is 0 Å². The summed E-state index contributed by atoms with van der Waals surface area (Å²) in [6, 6.07) is 0. The van der Waals surface area contributed by atoms with Crippen LogP contribution in [-0.2, 0) is 0 Å². The van der Waals surface area contributed by atoms with E-state index < -0.39 is 0 Å². The predicted octanol–water partition coefficient (Wildman–Crippen LogP) is 6.16. The molecular weight excluding hydrogens is 223 g/mol. The van der Waals surface area contributed by atoms with Gasteiger partial charge >= 0.3 is 0 Å². The van der Waals surface area contributed by atoms with Crippen LogP contribution in [0.1, 0.15) is 74.1 Å². The van der Waals surface area contributed by atoms with Crippen LogP contribution in [0.2, 0.25) is 0 Å². The van der Waals surface area contributed by atoms with Gasteiger partial charge in [0.1, 0.15) is 0 Å². The van der Waals surface area contributed by atoms with E-state index in [9.17, 15) is 0 Å². The Morgan fingerprint density at radius 1 is 1.00 bits per heavy atom. The van der Waals surface area contributed by atoms with E-state index in [1.165, 1.54) is 25.7 Å². The summed E-state index contributed by atoms with van der Waals surface area (Å²) in [6.45, 7) is 16.8. The smallest absolute Gasteiger partial charge is 0.0140 e. The van der Waals surface area contributed by atoms with E-state index in [1.54, 1.807) is 0 Å². The minimum atomic E-state index is -0.0573. The van der Waals surface area contributed by atoms with E-state index in [4.69, 9.17) is 0 Å². The molecule has 1 aliphatic rings. The number of hydrogen-bond donors (Lipinski definition) is 0. The molecule has 1 aliphatic carbocycles. The van der Waals surface area contributed by atoms with Gasteiger partial charge < -0.3 is 0 Å². The molecule has 0 heterocycles. The summed E-state index contributed by atoms with van der Waals surface area (Å²) in [5.74, 6) is 2.55. The number of hydrogen-bond acceptors (Lipinski definition) is 0. The van der Waals surface area contributed by atoms with Crippen LogP contribution in [0.3, 0.4) is 0 Å².